The van der Waals surface area contributed by atoms with Gasteiger partial charge in [0.15, 0.2) is 0 Å². The van der Waals surface area contributed by atoms with Crippen LogP contribution in [0.15, 0.2) is 36.5 Å². The number of para-hydroxylation sites is 2. The highest BCUT2D eigenvalue weighted by atomic mass is 35.5. The first kappa shape index (κ1) is 13.5. The molecule has 1 atom stereocenters. The Hall–Kier alpha value is -2.45. The SMILES string of the molecule is CCn1c(C(C#N)c2ccnc(Cl)n2)nc2ccccc21. The van der Waals surface area contributed by atoms with Gasteiger partial charge in [0.1, 0.15) is 11.7 Å². The van der Waals surface area contributed by atoms with Gasteiger partial charge in [0.05, 0.1) is 22.8 Å². The summed E-state index contributed by atoms with van der Waals surface area (Å²) in [6.07, 6.45) is 1.55. The number of nitrogens with zero attached hydrogens (tertiary/aromatic N) is 5. The molecule has 21 heavy (non-hydrogen) atoms. The Kier molecular flexibility index (Phi) is 3.55. The molecule has 2 aromatic heterocycles. The van der Waals surface area contributed by atoms with E-state index < -0.39 is 5.92 Å². The molecular formula is C15H12ClN5. The number of nitriles is 1. The Bertz CT molecular complexity index is 833. The number of aromatic nitrogens is 4. The van der Waals surface area contributed by atoms with Crippen molar-refractivity contribution in [2.24, 2.45) is 0 Å². The summed E-state index contributed by atoms with van der Waals surface area (Å²) in [7, 11) is 0. The number of hydrogen-bond acceptors (Lipinski definition) is 4. The van der Waals surface area contributed by atoms with Crippen LogP contribution in [0.3, 0.4) is 0 Å². The second-order valence-corrected chi connectivity index (χ2v) is 4.85. The van der Waals surface area contributed by atoms with Crippen LogP contribution in [-0.4, -0.2) is 19.5 Å². The molecule has 0 aliphatic carbocycles. The topological polar surface area (TPSA) is 67.4 Å². The van der Waals surface area contributed by atoms with Gasteiger partial charge in [0.2, 0.25) is 5.28 Å². The Morgan fingerprint density at radius 2 is 2.10 bits per heavy atom. The van der Waals surface area contributed by atoms with Crippen LogP contribution in [-0.2, 0) is 6.54 Å². The maximum absolute atomic E-state index is 9.56. The number of rotatable bonds is 3. The molecule has 104 valence electrons. The summed E-state index contributed by atoms with van der Waals surface area (Å²) in [6.45, 7) is 2.76. The summed E-state index contributed by atoms with van der Waals surface area (Å²) in [6, 6.07) is 11.8. The number of halogens is 1. The van der Waals surface area contributed by atoms with Crippen LogP contribution in [0.4, 0.5) is 0 Å². The summed E-state index contributed by atoms with van der Waals surface area (Å²) in [5, 5.41) is 9.69. The van der Waals surface area contributed by atoms with Crippen molar-refractivity contribution in [1.29, 1.82) is 5.26 Å². The van der Waals surface area contributed by atoms with E-state index in [1.54, 1.807) is 12.3 Å². The zero-order chi connectivity index (χ0) is 14.8. The van der Waals surface area contributed by atoms with Crippen LogP contribution < -0.4 is 0 Å². The Balaban J connectivity index is 2.20. The van der Waals surface area contributed by atoms with E-state index in [1.165, 1.54) is 0 Å². The highest BCUT2D eigenvalue weighted by molar-refractivity contribution is 6.28. The van der Waals surface area contributed by atoms with Crippen molar-refractivity contribution in [3.05, 3.63) is 53.3 Å². The van der Waals surface area contributed by atoms with Gasteiger partial charge in [-0.25, -0.2) is 15.0 Å². The monoisotopic (exact) mass is 297 g/mol. The quantitative estimate of drug-likeness (QED) is 0.696. The van der Waals surface area contributed by atoms with Crippen LogP contribution in [0, 0.1) is 11.3 Å². The Morgan fingerprint density at radius 1 is 1.29 bits per heavy atom. The third kappa shape index (κ3) is 2.34. The fourth-order valence-corrected chi connectivity index (χ4v) is 2.57. The van der Waals surface area contributed by atoms with Gasteiger partial charge in [-0.15, -0.1) is 0 Å². The second-order valence-electron chi connectivity index (χ2n) is 4.52. The van der Waals surface area contributed by atoms with Crippen molar-refractivity contribution in [2.75, 3.05) is 0 Å². The van der Waals surface area contributed by atoms with Crippen molar-refractivity contribution in [1.82, 2.24) is 19.5 Å². The molecule has 2 heterocycles. The average Bonchev–Trinajstić information content (AvgIpc) is 2.86. The smallest absolute Gasteiger partial charge is 0.222 e. The van der Waals surface area contributed by atoms with Crippen LogP contribution in [0.2, 0.25) is 5.28 Å². The third-order valence-electron chi connectivity index (χ3n) is 3.33. The van der Waals surface area contributed by atoms with Gasteiger partial charge in [-0.2, -0.15) is 5.26 Å². The number of aryl methyl sites for hydroxylation is 1. The molecule has 0 saturated carbocycles. The van der Waals surface area contributed by atoms with Crippen LogP contribution in [0.1, 0.15) is 24.4 Å². The molecule has 0 saturated heterocycles. The predicted molar refractivity (Wildman–Crippen MR) is 79.9 cm³/mol. The minimum atomic E-state index is -0.571. The fraction of sp³-hybridized carbons (Fsp3) is 0.200. The van der Waals surface area contributed by atoms with Gasteiger partial charge in [-0.1, -0.05) is 12.1 Å². The molecule has 0 aliphatic rings. The lowest BCUT2D eigenvalue weighted by Crippen LogP contribution is -2.10. The number of imidazole rings is 1. The minimum Gasteiger partial charge on any atom is -0.327 e. The number of hydrogen-bond donors (Lipinski definition) is 0. The molecule has 3 rings (SSSR count). The predicted octanol–water partition coefficient (Wildman–Crippen LogP) is 3.16. The van der Waals surface area contributed by atoms with Crippen molar-refractivity contribution < 1.29 is 0 Å². The lowest BCUT2D eigenvalue weighted by atomic mass is 10.1. The highest BCUT2D eigenvalue weighted by Gasteiger charge is 2.22. The summed E-state index contributed by atoms with van der Waals surface area (Å²) < 4.78 is 2.03. The van der Waals surface area contributed by atoms with E-state index in [9.17, 15) is 5.26 Å². The molecule has 0 fully saturated rings. The minimum absolute atomic E-state index is 0.131. The van der Waals surface area contributed by atoms with Gasteiger partial charge in [-0.3, -0.25) is 0 Å². The summed E-state index contributed by atoms with van der Waals surface area (Å²) in [5.74, 6) is 0.105. The molecule has 0 amide bonds. The maximum atomic E-state index is 9.56. The first-order valence-corrected chi connectivity index (χ1v) is 6.95. The fourth-order valence-electron chi connectivity index (χ4n) is 2.41. The van der Waals surface area contributed by atoms with Crippen molar-refractivity contribution in [2.45, 2.75) is 19.4 Å². The summed E-state index contributed by atoms with van der Waals surface area (Å²) in [4.78, 5) is 12.6. The van der Waals surface area contributed by atoms with Gasteiger partial charge >= 0.3 is 0 Å². The van der Waals surface area contributed by atoms with E-state index in [4.69, 9.17) is 11.6 Å². The van der Waals surface area contributed by atoms with Gasteiger partial charge in [0, 0.05) is 12.7 Å². The maximum Gasteiger partial charge on any atom is 0.222 e. The molecule has 1 aromatic carbocycles. The van der Waals surface area contributed by atoms with Gasteiger partial charge < -0.3 is 4.57 Å². The van der Waals surface area contributed by atoms with E-state index in [0.29, 0.717) is 11.5 Å². The molecule has 1 unspecified atom stereocenters. The van der Waals surface area contributed by atoms with E-state index in [2.05, 4.69) is 21.0 Å². The zero-order valence-electron chi connectivity index (χ0n) is 11.4. The van der Waals surface area contributed by atoms with E-state index >= 15 is 0 Å². The Labute approximate surface area is 126 Å². The van der Waals surface area contributed by atoms with Gasteiger partial charge in [0.25, 0.3) is 0 Å². The molecule has 0 spiro atoms. The third-order valence-corrected chi connectivity index (χ3v) is 3.51. The molecule has 5 nitrogen and oxygen atoms in total. The summed E-state index contributed by atoms with van der Waals surface area (Å²) >= 11 is 5.83. The number of benzene rings is 1. The Morgan fingerprint density at radius 3 is 2.81 bits per heavy atom. The van der Waals surface area contributed by atoms with Crippen molar-refractivity contribution in [3.63, 3.8) is 0 Å². The average molecular weight is 298 g/mol. The molecular weight excluding hydrogens is 286 g/mol. The van der Waals surface area contributed by atoms with E-state index in [0.717, 1.165) is 17.6 Å². The molecule has 0 radical (unpaired) electrons. The number of fused-ring (bicyclic) bond motifs is 1. The largest absolute Gasteiger partial charge is 0.327 e. The zero-order valence-corrected chi connectivity index (χ0v) is 12.1. The van der Waals surface area contributed by atoms with Crippen molar-refractivity contribution >= 4 is 22.6 Å². The van der Waals surface area contributed by atoms with Crippen LogP contribution in [0.5, 0.6) is 0 Å². The summed E-state index contributed by atoms with van der Waals surface area (Å²) in [5.41, 5.74) is 2.44. The molecule has 3 aromatic rings. The lowest BCUT2D eigenvalue weighted by Gasteiger charge is -2.10. The molecule has 0 N–H and O–H groups in total. The first-order valence-electron chi connectivity index (χ1n) is 6.57. The molecule has 0 aliphatic heterocycles. The first-order chi connectivity index (χ1) is 10.2. The van der Waals surface area contributed by atoms with E-state index in [1.807, 2.05) is 35.8 Å². The van der Waals surface area contributed by atoms with Gasteiger partial charge in [-0.05, 0) is 36.7 Å². The second kappa shape index (κ2) is 5.51. The van der Waals surface area contributed by atoms with Crippen molar-refractivity contribution in [3.8, 4) is 6.07 Å². The highest BCUT2D eigenvalue weighted by Crippen LogP contribution is 2.26. The molecule has 6 heteroatoms. The molecule has 0 bridgehead atoms. The van der Waals surface area contributed by atoms with Crippen LogP contribution >= 0.6 is 11.6 Å². The van der Waals surface area contributed by atoms with Crippen LogP contribution in [0.25, 0.3) is 11.0 Å². The standard InChI is InChI=1S/C15H12ClN5/c1-2-21-13-6-4-3-5-12(13)19-14(21)10(9-17)11-7-8-18-15(16)20-11/h3-8,10H,2H2,1H3. The normalized spacial score (nSPS) is 12.2. The lowest BCUT2D eigenvalue weighted by molar-refractivity contribution is 0.704. The van der Waals surface area contributed by atoms with E-state index in [-0.39, 0.29) is 5.28 Å².